The molecule has 0 aliphatic heterocycles. The van der Waals surface area contributed by atoms with E-state index in [1.807, 2.05) is 0 Å². The van der Waals surface area contributed by atoms with Gasteiger partial charge in [0.25, 0.3) is 5.91 Å². The Morgan fingerprint density at radius 1 is 1.32 bits per heavy atom. The first kappa shape index (κ1) is 17.5. The molecule has 1 unspecified atom stereocenters. The van der Waals surface area contributed by atoms with Crippen molar-refractivity contribution in [3.8, 4) is 0 Å². The Bertz CT molecular complexity index is 775. The van der Waals surface area contributed by atoms with E-state index in [4.69, 9.17) is 0 Å². The van der Waals surface area contributed by atoms with Crippen molar-refractivity contribution in [1.29, 1.82) is 0 Å². The summed E-state index contributed by atoms with van der Waals surface area (Å²) in [6.45, 7) is 1.68. The van der Waals surface area contributed by atoms with Crippen molar-refractivity contribution in [3.05, 3.63) is 57.8 Å². The van der Waals surface area contributed by atoms with Gasteiger partial charge in [-0.2, -0.15) is 0 Å². The zero-order valence-electron chi connectivity index (χ0n) is 13.7. The van der Waals surface area contributed by atoms with Gasteiger partial charge in [0, 0.05) is 24.2 Å². The fraction of sp³-hybridized carbons (Fsp3) is 0.333. The molecule has 1 aliphatic rings. The van der Waals surface area contributed by atoms with Crippen molar-refractivity contribution in [3.63, 3.8) is 0 Å². The summed E-state index contributed by atoms with van der Waals surface area (Å²) in [7, 11) is 0. The van der Waals surface area contributed by atoms with E-state index in [-0.39, 0.29) is 30.0 Å². The minimum atomic E-state index is -0.723. The third kappa shape index (κ3) is 4.22. The molecule has 1 aromatic heterocycles. The first-order valence-electron chi connectivity index (χ1n) is 8.04. The number of halogens is 2. The summed E-state index contributed by atoms with van der Waals surface area (Å²) in [5.41, 5.74) is 0.262. The molecular formula is C18H18F2N2O2S. The van der Waals surface area contributed by atoms with Gasteiger partial charge < -0.3 is 10.2 Å². The predicted octanol–water partition coefficient (Wildman–Crippen LogP) is 3.34. The van der Waals surface area contributed by atoms with Gasteiger partial charge in [0.15, 0.2) is 0 Å². The Kier molecular flexibility index (Phi) is 5.13. The first-order valence-corrected chi connectivity index (χ1v) is 8.92. The van der Waals surface area contributed by atoms with Gasteiger partial charge in [-0.1, -0.05) is 12.1 Å². The highest BCUT2D eigenvalue weighted by atomic mass is 32.1. The maximum atomic E-state index is 13.9. The molecule has 1 atom stereocenters. The number of carbonyl (C=O) groups is 2. The van der Waals surface area contributed by atoms with Crippen molar-refractivity contribution >= 4 is 23.2 Å². The number of carbonyl (C=O) groups excluding carboxylic acids is 2. The normalized spacial score (nSPS) is 14.8. The Labute approximate surface area is 148 Å². The summed E-state index contributed by atoms with van der Waals surface area (Å²) in [6, 6.07) is 6.10. The van der Waals surface area contributed by atoms with E-state index in [2.05, 4.69) is 5.32 Å². The fourth-order valence-corrected chi connectivity index (χ4v) is 3.22. The molecule has 7 heteroatoms. The van der Waals surface area contributed by atoms with E-state index < -0.39 is 17.7 Å². The van der Waals surface area contributed by atoms with Gasteiger partial charge in [0.1, 0.15) is 17.7 Å². The number of thiophene rings is 1. The zero-order chi connectivity index (χ0) is 18.0. The molecule has 0 bridgehead atoms. The first-order chi connectivity index (χ1) is 12.0. The average Bonchev–Trinajstić information content (AvgIpc) is 3.26. The highest BCUT2D eigenvalue weighted by Gasteiger charge is 2.35. The van der Waals surface area contributed by atoms with E-state index in [0.717, 1.165) is 18.9 Å². The number of amides is 2. The van der Waals surface area contributed by atoms with Crippen LogP contribution in [-0.2, 0) is 11.3 Å². The van der Waals surface area contributed by atoms with Gasteiger partial charge in [0.2, 0.25) is 5.91 Å². The van der Waals surface area contributed by atoms with E-state index in [9.17, 15) is 18.4 Å². The summed E-state index contributed by atoms with van der Waals surface area (Å²) in [5, 5.41) is 4.47. The minimum Gasteiger partial charge on any atom is -0.340 e. The molecular weight excluding hydrogens is 346 g/mol. The monoisotopic (exact) mass is 364 g/mol. The lowest BCUT2D eigenvalue weighted by molar-refractivity contribution is -0.134. The number of nitrogens with one attached hydrogen (secondary N) is 1. The fourth-order valence-electron chi connectivity index (χ4n) is 2.59. The van der Waals surface area contributed by atoms with E-state index >= 15 is 0 Å². The smallest absolute Gasteiger partial charge is 0.261 e. The van der Waals surface area contributed by atoms with Crippen LogP contribution in [0.3, 0.4) is 0 Å². The molecule has 4 nitrogen and oxygen atoms in total. The standard InChI is InChI=1S/C18H18F2N2O2S/c1-11(21-17(23)16-3-2-8-25-16)18(24)22(14-6-7-14)10-12-4-5-13(19)9-15(12)20/h2-5,8-9,11,14H,6-7,10H2,1H3,(H,21,23). The Morgan fingerprint density at radius 2 is 2.08 bits per heavy atom. The van der Waals surface area contributed by atoms with Crippen LogP contribution in [0.2, 0.25) is 0 Å². The summed E-state index contributed by atoms with van der Waals surface area (Å²) in [6.07, 6.45) is 1.69. The third-order valence-electron chi connectivity index (χ3n) is 4.09. The molecule has 132 valence electrons. The van der Waals surface area contributed by atoms with Crippen LogP contribution >= 0.6 is 11.3 Å². The van der Waals surface area contributed by atoms with E-state index in [0.29, 0.717) is 4.88 Å². The largest absolute Gasteiger partial charge is 0.340 e. The maximum absolute atomic E-state index is 13.9. The van der Waals surface area contributed by atoms with E-state index in [1.165, 1.54) is 23.5 Å². The average molecular weight is 364 g/mol. The van der Waals surface area contributed by atoms with Gasteiger partial charge in [-0.3, -0.25) is 9.59 Å². The van der Waals surface area contributed by atoms with Crippen molar-refractivity contribution in [2.45, 2.75) is 38.4 Å². The van der Waals surface area contributed by atoms with Crippen molar-refractivity contribution < 1.29 is 18.4 Å². The SMILES string of the molecule is CC(NC(=O)c1cccs1)C(=O)N(Cc1ccc(F)cc1F)C1CC1. The van der Waals surface area contributed by atoms with Crippen LogP contribution in [0.4, 0.5) is 8.78 Å². The molecule has 3 rings (SSSR count). The second-order valence-electron chi connectivity index (χ2n) is 6.11. The lowest BCUT2D eigenvalue weighted by Crippen LogP contribution is -2.47. The molecule has 0 saturated heterocycles. The van der Waals surface area contributed by atoms with Gasteiger partial charge in [-0.25, -0.2) is 8.78 Å². The van der Waals surface area contributed by atoms with Crippen molar-refractivity contribution in [2.24, 2.45) is 0 Å². The molecule has 2 aromatic rings. The highest BCUT2D eigenvalue weighted by Crippen LogP contribution is 2.29. The van der Waals surface area contributed by atoms with Crippen LogP contribution in [0, 0.1) is 11.6 Å². The third-order valence-corrected chi connectivity index (χ3v) is 4.96. The van der Waals surface area contributed by atoms with Crippen LogP contribution in [0.5, 0.6) is 0 Å². The van der Waals surface area contributed by atoms with Gasteiger partial charge in [0.05, 0.1) is 4.88 Å². The second-order valence-corrected chi connectivity index (χ2v) is 7.05. The second kappa shape index (κ2) is 7.31. The van der Waals surface area contributed by atoms with Crippen LogP contribution in [-0.4, -0.2) is 28.8 Å². The molecule has 1 heterocycles. The molecule has 0 radical (unpaired) electrons. The summed E-state index contributed by atoms with van der Waals surface area (Å²) < 4.78 is 27.0. The Balaban J connectivity index is 1.69. The molecule has 1 aromatic carbocycles. The lowest BCUT2D eigenvalue weighted by atomic mass is 10.1. The molecule has 25 heavy (non-hydrogen) atoms. The number of hydrogen-bond acceptors (Lipinski definition) is 3. The molecule has 1 saturated carbocycles. The zero-order valence-corrected chi connectivity index (χ0v) is 14.5. The summed E-state index contributed by atoms with van der Waals surface area (Å²) in [5.74, 6) is -1.90. The Hall–Kier alpha value is -2.28. The van der Waals surface area contributed by atoms with Crippen LogP contribution in [0.1, 0.15) is 35.0 Å². The molecule has 2 amide bonds. The van der Waals surface area contributed by atoms with Gasteiger partial charge in [-0.15, -0.1) is 11.3 Å². The Morgan fingerprint density at radius 3 is 2.68 bits per heavy atom. The number of nitrogens with zero attached hydrogens (tertiary/aromatic N) is 1. The number of benzene rings is 1. The topological polar surface area (TPSA) is 49.4 Å². The maximum Gasteiger partial charge on any atom is 0.261 e. The highest BCUT2D eigenvalue weighted by molar-refractivity contribution is 7.12. The van der Waals surface area contributed by atoms with E-state index in [1.54, 1.807) is 29.3 Å². The summed E-state index contributed by atoms with van der Waals surface area (Å²) >= 11 is 1.30. The molecule has 1 fully saturated rings. The minimum absolute atomic E-state index is 0.0399. The van der Waals surface area contributed by atoms with Crippen LogP contribution < -0.4 is 5.32 Å². The molecule has 1 N–H and O–H groups in total. The quantitative estimate of drug-likeness (QED) is 0.855. The van der Waals surface area contributed by atoms with Crippen LogP contribution in [0.15, 0.2) is 35.7 Å². The van der Waals surface area contributed by atoms with Gasteiger partial charge in [-0.05, 0) is 37.3 Å². The number of rotatable bonds is 6. The van der Waals surface area contributed by atoms with Gasteiger partial charge >= 0.3 is 0 Å². The number of hydrogen-bond donors (Lipinski definition) is 1. The molecule has 0 spiro atoms. The van der Waals surface area contributed by atoms with Crippen LogP contribution in [0.25, 0.3) is 0 Å². The summed E-state index contributed by atoms with van der Waals surface area (Å²) in [4.78, 5) is 26.9. The predicted molar refractivity (Wildman–Crippen MR) is 91.2 cm³/mol. The molecule has 1 aliphatic carbocycles. The van der Waals surface area contributed by atoms with Crippen molar-refractivity contribution in [1.82, 2.24) is 10.2 Å². The van der Waals surface area contributed by atoms with Crippen molar-refractivity contribution in [2.75, 3.05) is 0 Å². The lowest BCUT2D eigenvalue weighted by Gasteiger charge is -2.26.